The summed E-state index contributed by atoms with van der Waals surface area (Å²) in [6.45, 7) is 5.70. The van der Waals surface area contributed by atoms with Crippen LogP contribution in [-0.4, -0.2) is 8.42 Å². The largest absolute Gasteiger partial charge is 0.241 e. The fraction of sp³-hybridized carbons (Fsp3) is 0.250. The molecule has 0 radical (unpaired) electrons. The lowest BCUT2D eigenvalue weighted by molar-refractivity contribution is 0.567. The third-order valence-electron chi connectivity index (χ3n) is 3.47. The van der Waals surface area contributed by atoms with Gasteiger partial charge in [-0.1, -0.05) is 34.1 Å². The number of aryl methyl sites for hydroxylation is 2. The van der Waals surface area contributed by atoms with E-state index in [4.69, 9.17) is 0 Å². The van der Waals surface area contributed by atoms with Crippen molar-refractivity contribution >= 4 is 26.0 Å². The molecule has 0 aliphatic rings. The van der Waals surface area contributed by atoms with Crippen molar-refractivity contribution in [2.45, 2.75) is 31.7 Å². The van der Waals surface area contributed by atoms with Crippen molar-refractivity contribution in [3.63, 3.8) is 0 Å². The molecule has 0 saturated carbocycles. The molecule has 112 valence electrons. The van der Waals surface area contributed by atoms with E-state index in [1.807, 2.05) is 51.1 Å². The van der Waals surface area contributed by atoms with Crippen LogP contribution in [0, 0.1) is 13.8 Å². The van der Waals surface area contributed by atoms with Crippen LogP contribution in [0.15, 0.2) is 51.8 Å². The minimum atomic E-state index is -3.53. The molecular weight excluding hydrogens is 350 g/mol. The van der Waals surface area contributed by atoms with E-state index in [2.05, 4.69) is 20.7 Å². The molecular formula is C16H18BrNO2S. The number of nitrogens with one attached hydrogen (secondary N) is 1. The van der Waals surface area contributed by atoms with Crippen molar-refractivity contribution in [1.29, 1.82) is 0 Å². The lowest BCUT2D eigenvalue weighted by Crippen LogP contribution is -2.27. The van der Waals surface area contributed by atoms with Crippen LogP contribution in [0.3, 0.4) is 0 Å². The molecule has 0 fully saturated rings. The summed E-state index contributed by atoms with van der Waals surface area (Å²) in [5.41, 5.74) is 2.96. The van der Waals surface area contributed by atoms with Crippen LogP contribution in [0.5, 0.6) is 0 Å². The first-order chi connectivity index (χ1) is 9.79. The Bertz CT molecular complexity index is 757. The van der Waals surface area contributed by atoms with E-state index in [9.17, 15) is 8.42 Å². The van der Waals surface area contributed by atoms with Gasteiger partial charge >= 0.3 is 0 Å². The molecule has 0 aliphatic carbocycles. The van der Waals surface area contributed by atoms with Crippen LogP contribution >= 0.6 is 15.9 Å². The van der Waals surface area contributed by atoms with E-state index in [1.165, 1.54) is 0 Å². The van der Waals surface area contributed by atoms with Crippen molar-refractivity contribution < 1.29 is 8.42 Å². The van der Waals surface area contributed by atoms with Gasteiger partial charge < -0.3 is 0 Å². The molecule has 0 heterocycles. The van der Waals surface area contributed by atoms with E-state index < -0.39 is 10.0 Å². The molecule has 0 aromatic heterocycles. The van der Waals surface area contributed by atoms with Gasteiger partial charge in [0.05, 0.1) is 4.90 Å². The molecule has 21 heavy (non-hydrogen) atoms. The van der Waals surface area contributed by atoms with Crippen LogP contribution in [0.25, 0.3) is 0 Å². The summed E-state index contributed by atoms with van der Waals surface area (Å²) in [5, 5.41) is 0. The molecule has 1 atom stereocenters. The molecule has 2 aromatic rings. The smallest absolute Gasteiger partial charge is 0.207 e. The molecule has 0 spiro atoms. The van der Waals surface area contributed by atoms with Crippen molar-refractivity contribution in [1.82, 2.24) is 4.72 Å². The van der Waals surface area contributed by atoms with E-state index >= 15 is 0 Å². The number of hydrogen-bond donors (Lipinski definition) is 1. The number of benzene rings is 2. The number of halogens is 1. The van der Waals surface area contributed by atoms with E-state index in [0.717, 1.165) is 21.2 Å². The second-order valence-corrected chi connectivity index (χ2v) is 7.77. The first-order valence-corrected chi connectivity index (χ1v) is 8.92. The molecule has 0 aliphatic heterocycles. The molecule has 1 N–H and O–H groups in total. The van der Waals surface area contributed by atoms with Gasteiger partial charge in [-0.05, 0) is 61.7 Å². The van der Waals surface area contributed by atoms with Gasteiger partial charge in [0.1, 0.15) is 0 Å². The van der Waals surface area contributed by atoms with Gasteiger partial charge in [0.25, 0.3) is 0 Å². The highest BCUT2D eigenvalue weighted by Gasteiger charge is 2.18. The first kappa shape index (κ1) is 16.2. The Kier molecular flexibility index (Phi) is 4.86. The molecule has 0 saturated heterocycles. The van der Waals surface area contributed by atoms with E-state index in [0.29, 0.717) is 4.90 Å². The van der Waals surface area contributed by atoms with Crippen LogP contribution in [0.4, 0.5) is 0 Å². The number of sulfonamides is 1. The monoisotopic (exact) mass is 367 g/mol. The zero-order chi connectivity index (χ0) is 15.6. The SMILES string of the molecule is Cc1ccc(S(=O)(=O)N[C@H](C)c2cccc(Br)c2)cc1C. The lowest BCUT2D eigenvalue weighted by atomic mass is 10.1. The molecule has 3 nitrogen and oxygen atoms in total. The average Bonchev–Trinajstić information content (AvgIpc) is 2.41. The van der Waals surface area contributed by atoms with Gasteiger partial charge in [-0.15, -0.1) is 0 Å². The van der Waals surface area contributed by atoms with Gasteiger partial charge in [0.2, 0.25) is 10.0 Å². The Morgan fingerprint density at radius 3 is 2.38 bits per heavy atom. The first-order valence-electron chi connectivity index (χ1n) is 6.64. The van der Waals surface area contributed by atoms with Crippen LogP contribution in [0.1, 0.15) is 29.7 Å². The van der Waals surface area contributed by atoms with Crippen LogP contribution in [0.2, 0.25) is 0 Å². The van der Waals surface area contributed by atoms with Gasteiger partial charge in [0.15, 0.2) is 0 Å². The Hall–Kier alpha value is -1.17. The van der Waals surface area contributed by atoms with Crippen molar-refractivity contribution in [3.8, 4) is 0 Å². The molecule has 0 bridgehead atoms. The molecule has 5 heteroatoms. The molecule has 2 rings (SSSR count). The van der Waals surface area contributed by atoms with Crippen molar-refractivity contribution in [3.05, 3.63) is 63.6 Å². The maximum atomic E-state index is 12.4. The fourth-order valence-electron chi connectivity index (χ4n) is 2.03. The Morgan fingerprint density at radius 2 is 1.76 bits per heavy atom. The lowest BCUT2D eigenvalue weighted by Gasteiger charge is -2.15. The number of hydrogen-bond acceptors (Lipinski definition) is 2. The maximum Gasteiger partial charge on any atom is 0.241 e. The second kappa shape index (κ2) is 6.30. The summed E-state index contributed by atoms with van der Waals surface area (Å²) in [6, 6.07) is 12.5. The summed E-state index contributed by atoms with van der Waals surface area (Å²) in [5.74, 6) is 0. The highest BCUT2D eigenvalue weighted by molar-refractivity contribution is 9.10. The standard InChI is InChI=1S/C16H18BrNO2S/c1-11-7-8-16(9-12(11)2)21(19,20)18-13(3)14-5-4-6-15(17)10-14/h4-10,13,18H,1-3H3/t13-/m1/s1. The van der Waals surface area contributed by atoms with Crippen LogP contribution in [-0.2, 0) is 10.0 Å². The van der Waals surface area contributed by atoms with Crippen LogP contribution < -0.4 is 4.72 Å². The quantitative estimate of drug-likeness (QED) is 0.883. The predicted octanol–water partition coefficient (Wildman–Crippen LogP) is 4.11. The summed E-state index contributed by atoms with van der Waals surface area (Å²) in [6.07, 6.45) is 0. The van der Waals surface area contributed by atoms with Crippen molar-refractivity contribution in [2.24, 2.45) is 0 Å². The normalized spacial score (nSPS) is 13.1. The van der Waals surface area contributed by atoms with Gasteiger partial charge in [0, 0.05) is 10.5 Å². The van der Waals surface area contributed by atoms with E-state index in [1.54, 1.807) is 12.1 Å². The molecule has 0 unspecified atom stereocenters. The third-order valence-corrected chi connectivity index (χ3v) is 5.50. The van der Waals surface area contributed by atoms with E-state index in [-0.39, 0.29) is 6.04 Å². The summed E-state index contributed by atoms with van der Waals surface area (Å²) in [7, 11) is -3.53. The minimum absolute atomic E-state index is 0.297. The predicted molar refractivity (Wildman–Crippen MR) is 88.8 cm³/mol. The molecule has 0 amide bonds. The zero-order valence-electron chi connectivity index (χ0n) is 12.2. The molecule has 2 aromatic carbocycles. The van der Waals surface area contributed by atoms with Crippen molar-refractivity contribution in [2.75, 3.05) is 0 Å². The highest BCUT2D eigenvalue weighted by atomic mass is 79.9. The fourth-order valence-corrected chi connectivity index (χ4v) is 3.76. The topological polar surface area (TPSA) is 46.2 Å². The Balaban J connectivity index is 2.26. The summed E-state index contributed by atoms with van der Waals surface area (Å²) in [4.78, 5) is 0.299. The third kappa shape index (κ3) is 3.93. The zero-order valence-corrected chi connectivity index (χ0v) is 14.6. The maximum absolute atomic E-state index is 12.4. The Labute approximate surface area is 134 Å². The minimum Gasteiger partial charge on any atom is -0.207 e. The Morgan fingerprint density at radius 1 is 1.05 bits per heavy atom. The summed E-state index contributed by atoms with van der Waals surface area (Å²) >= 11 is 3.40. The highest BCUT2D eigenvalue weighted by Crippen LogP contribution is 2.21. The van der Waals surface area contributed by atoms with Gasteiger partial charge in [-0.3, -0.25) is 0 Å². The number of rotatable bonds is 4. The van der Waals surface area contributed by atoms with Gasteiger partial charge in [-0.25, -0.2) is 13.1 Å². The second-order valence-electron chi connectivity index (χ2n) is 5.14. The average molecular weight is 368 g/mol. The summed E-state index contributed by atoms with van der Waals surface area (Å²) < 4.78 is 28.5. The van der Waals surface area contributed by atoms with Gasteiger partial charge in [-0.2, -0.15) is 0 Å².